The standard InChI is InChI=1S/C20H22N4O3S/c1-15-3-7-18(8-4-15)23-28(26,27)19-9-5-17(6-10-19)20(25)22-16(2)13-24-12-11-21-14-24/h3-12,14,16,23H,13H2,1-2H3,(H,22,25)/t16-/m1/s1. The van der Waals surface area contributed by atoms with Crippen LogP contribution >= 0.6 is 0 Å². The van der Waals surface area contributed by atoms with E-state index < -0.39 is 10.0 Å². The molecule has 0 fully saturated rings. The Morgan fingerprint density at radius 1 is 1.11 bits per heavy atom. The molecule has 3 rings (SSSR count). The van der Waals surface area contributed by atoms with Crippen LogP contribution in [0.4, 0.5) is 5.69 Å². The lowest BCUT2D eigenvalue weighted by Crippen LogP contribution is -2.35. The maximum atomic E-state index is 12.5. The van der Waals surface area contributed by atoms with Crippen LogP contribution in [0.25, 0.3) is 0 Å². The van der Waals surface area contributed by atoms with Gasteiger partial charge in [0.2, 0.25) is 0 Å². The monoisotopic (exact) mass is 398 g/mol. The Balaban J connectivity index is 1.64. The van der Waals surface area contributed by atoms with E-state index in [1.54, 1.807) is 24.7 Å². The van der Waals surface area contributed by atoms with E-state index in [1.165, 1.54) is 24.3 Å². The summed E-state index contributed by atoms with van der Waals surface area (Å²) in [4.78, 5) is 16.4. The number of hydrogen-bond donors (Lipinski definition) is 2. The molecule has 146 valence electrons. The van der Waals surface area contributed by atoms with Gasteiger partial charge >= 0.3 is 0 Å². The first-order chi connectivity index (χ1) is 13.3. The summed E-state index contributed by atoms with van der Waals surface area (Å²) in [6.45, 7) is 4.42. The van der Waals surface area contributed by atoms with E-state index in [1.807, 2.05) is 36.7 Å². The van der Waals surface area contributed by atoms with Gasteiger partial charge in [0.1, 0.15) is 0 Å². The zero-order valence-corrected chi connectivity index (χ0v) is 16.5. The molecule has 0 unspecified atom stereocenters. The summed E-state index contributed by atoms with van der Waals surface area (Å²) in [7, 11) is -3.72. The lowest BCUT2D eigenvalue weighted by atomic mass is 10.2. The molecule has 0 saturated heterocycles. The summed E-state index contributed by atoms with van der Waals surface area (Å²) in [5, 5.41) is 2.89. The Labute approximate surface area is 164 Å². The number of hydrogen-bond acceptors (Lipinski definition) is 4. The average Bonchev–Trinajstić information content (AvgIpc) is 3.16. The molecule has 0 aliphatic carbocycles. The number of imidazole rings is 1. The normalized spacial score (nSPS) is 12.4. The van der Waals surface area contributed by atoms with Crippen molar-refractivity contribution in [2.45, 2.75) is 31.3 Å². The lowest BCUT2D eigenvalue weighted by molar-refractivity contribution is 0.0936. The molecule has 7 nitrogen and oxygen atoms in total. The molecule has 0 aliphatic heterocycles. The van der Waals surface area contributed by atoms with Gasteiger partial charge in [-0.25, -0.2) is 13.4 Å². The topological polar surface area (TPSA) is 93.1 Å². The van der Waals surface area contributed by atoms with Crippen molar-refractivity contribution in [1.82, 2.24) is 14.9 Å². The molecule has 0 radical (unpaired) electrons. The molecule has 3 aromatic rings. The second-order valence-electron chi connectivity index (χ2n) is 6.63. The van der Waals surface area contributed by atoms with Crippen LogP contribution in [0, 0.1) is 6.92 Å². The fourth-order valence-electron chi connectivity index (χ4n) is 2.68. The summed E-state index contributed by atoms with van der Waals surface area (Å²) < 4.78 is 29.4. The third-order valence-corrected chi connectivity index (χ3v) is 5.55. The van der Waals surface area contributed by atoms with Crippen LogP contribution in [0.15, 0.2) is 72.1 Å². The van der Waals surface area contributed by atoms with Gasteiger partial charge in [0.25, 0.3) is 15.9 Å². The lowest BCUT2D eigenvalue weighted by Gasteiger charge is -2.14. The van der Waals surface area contributed by atoms with Gasteiger partial charge in [-0.05, 0) is 50.2 Å². The molecule has 1 aromatic heterocycles. The van der Waals surface area contributed by atoms with Crippen LogP contribution in [0.5, 0.6) is 0 Å². The van der Waals surface area contributed by atoms with Crippen molar-refractivity contribution in [3.8, 4) is 0 Å². The summed E-state index contributed by atoms with van der Waals surface area (Å²) in [6, 6.07) is 12.8. The largest absolute Gasteiger partial charge is 0.348 e. The minimum Gasteiger partial charge on any atom is -0.348 e. The minimum atomic E-state index is -3.72. The van der Waals surface area contributed by atoms with E-state index >= 15 is 0 Å². The van der Waals surface area contributed by atoms with Gasteiger partial charge in [-0.2, -0.15) is 0 Å². The third-order valence-electron chi connectivity index (χ3n) is 4.15. The highest BCUT2D eigenvalue weighted by Gasteiger charge is 2.16. The number of aromatic nitrogens is 2. The predicted octanol–water partition coefficient (Wildman–Crippen LogP) is 2.81. The molecule has 0 aliphatic rings. The molecule has 2 N–H and O–H groups in total. The molecule has 0 bridgehead atoms. The van der Waals surface area contributed by atoms with Gasteiger partial charge in [0.15, 0.2) is 0 Å². The van der Waals surface area contributed by atoms with Crippen molar-refractivity contribution in [3.63, 3.8) is 0 Å². The second kappa shape index (κ2) is 8.26. The van der Waals surface area contributed by atoms with Gasteiger partial charge in [0.05, 0.1) is 11.2 Å². The van der Waals surface area contributed by atoms with E-state index in [9.17, 15) is 13.2 Å². The van der Waals surface area contributed by atoms with Crippen molar-refractivity contribution in [1.29, 1.82) is 0 Å². The fraction of sp³-hybridized carbons (Fsp3) is 0.200. The predicted molar refractivity (Wildman–Crippen MR) is 108 cm³/mol. The highest BCUT2D eigenvalue weighted by molar-refractivity contribution is 7.92. The van der Waals surface area contributed by atoms with Gasteiger partial charge < -0.3 is 9.88 Å². The van der Waals surface area contributed by atoms with Crippen molar-refractivity contribution in [3.05, 3.63) is 78.4 Å². The summed E-state index contributed by atoms with van der Waals surface area (Å²) >= 11 is 0. The van der Waals surface area contributed by atoms with Gasteiger partial charge in [0, 0.05) is 36.2 Å². The SMILES string of the molecule is Cc1ccc(NS(=O)(=O)c2ccc(C(=O)N[C@H](C)Cn3ccnc3)cc2)cc1. The number of benzene rings is 2. The number of carbonyl (C=O) groups is 1. The number of carbonyl (C=O) groups excluding carboxylic acids is 1. The maximum absolute atomic E-state index is 12.5. The van der Waals surface area contributed by atoms with Gasteiger partial charge in [-0.3, -0.25) is 9.52 Å². The van der Waals surface area contributed by atoms with Crippen LogP contribution in [0.2, 0.25) is 0 Å². The van der Waals surface area contributed by atoms with E-state index in [-0.39, 0.29) is 16.8 Å². The number of aryl methyl sites for hydroxylation is 1. The van der Waals surface area contributed by atoms with Crippen LogP contribution in [-0.4, -0.2) is 29.9 Å². The molecule has 0 saturated carbocycles. The number of amides is 1. The maximum Gasteiger partial charge on any atom is 0.261 e. The van der Waals surface area contributed by atoms with E-state index in [4.69, 9.17) is 0 Å². The molecular formula is C20H22N4O3S. The Bertz CT molecular complexity index is 1030. The molecule has 0 spiro atoms. The van der Waals surface area contributed by atoms with Crippen LogP contribution in [-0.2, 0) is 16.6 Å². The van der Waals surface area contributed by atoms with Gasteiger partial charge in [-0.15, -0.1) is 0 Å². The smallest absolute Gasteiger partial charge is 0.261 e. The number of sulfonamides is 1. The first-order valence-electron chi connectivity index (χ1n) is 8.80. The second-order valence-corrected chi connectivity index (χ2v) is 8.31. The number of nitrogens with zero attached hydrogens (tertiary/aromatic N) is 2. The molecule has 1 amide bonds. The summed E-state index contributed by atoms with van der Waals surface area (Å²) in [5.41, 5.74) is 1.92. The average molecular weight is 398 g/mol. The summed E-state index contributed by atoms with van der Waals surface area (Å²) in [5.74, 6) is -0.261. The van der Waals surface area contributed by atoms with E-state index in [0.717, 1.165) is 5.56 Å². The van der Waals surface area contributed by atoms with Crippen molar-refractivity contribution in [2.75, 3.05) is 4.72 Å². The Morgan fingerprint density at radius 2 is 1.79 bits per heavy atom. The van der Waals surface area contributed by atoms with Crippen LogP contribution < -0.4 is 10.0 Å². The molecule has 1 atom stereocenters. The van der Waals surface area contributed by atoms with E-state index in [2.05, 4.69) is 15.0 Å². The highest BCUT2D eigenvalue weighted by Crippen LogP contribution is 2.17. The number of nitrogens with one attached hydrogen (secondary N) is 2. The Hall–Kier alpha value is -3.13. The minimum absolute atomic E-state index is 0.0936. The van der Waals surface area contributed by atoms with Crippen LogP contribution in [0.3, 0.4) is 0 Å². The highest BCUT2D eigenvalue weighted by atomic mass is 32.2. The van der Waals surface area contributed by atoms with Crippen molar-refractivity contribution in [2.24, 2.45) is 0 Å². The van der Waals surface area contributed by atoms with E-state index in [0.29, 0.717) is 17.8 Å². The zero-order valence-electron chi connectivity index (χ0n) is 15.7. The molecule has 28 heavy (non-hydrogen) atoms. The quantitative estimate of drug-likeness (QED) is 0.640. The number of anilines is 1. The van der Waals surface area contributed by atoms with Gasteiger partial charge in [-0.1, -0.05) is 17.7 Å². The Kier molecular flexibility index (Phi) is 5.79. The zero-order chi connectivity index (χ0) is 20.1. The molecule has 2 aromatic carbocycles. The fourth-order valence-corrected chi connectivity index (χ4v) is 3.74. The summed E-state index contributed by atoms with van der Waals surface area (Å²) in [6.07, 6.45) is 5.19. The van der Waals surface area contributed by atoms with Crippen molar-refractivity contribution >= 4 is 21.6 Å². The van der Waals surface area contributed by atoms with Crippen molar-refractivity contribution < 1.29 is 13.2 Å². The molecule has 1 heterocycles. The molecular weight excluding hydrogens is 376 g/mol. The first-order valence-corrected chi connectivity index (χ1v) is 10.3. The van der Waals surface area contributed by atoms with Crippen LogP contribution in [0.1, 0.15) is 22.8 Å². The molecule has 8 heteroatoms. The number of rotatable bonds is 7. The first kappa shape index (κ1) is 19.6. The third kappa shape index (κ3) is 4.98. The Morgan fingerprint density at radius 3 is 2.39 bits per heavy atom.